The van der Waals surface area contributed by atoms with Crippen LogP contribution in [-0.4, -0.2) is 11.8 Å². The van der Waals surface area contributed by atoms with Gasteiger partial charge in [-0.15, -0.1) is 11.3 Å². The van der Waals surface area contributed by atoms with Crippen molar-refractivity contribution in [3.63, 3.8) is 0 Å². The van der Waals surface area contributed by atoms with Crippen LogP contribution in [0, 0.1) is 0 Å². The van der Waals surface area contributed by atoms with E-state index >= 15 is 0 Å². The summed E-state index contributed by atoms with van der Waals surface area (Å²) in [4.78, 5) is 23.9. The maximum absolute atomic E-state index is 12.5. The molecule has 4 nitrogen and oxygen atoms in total. The Morgan fingerprint density at radius 1 is 0.958 bits per heavy atom. The molecule has 0 aliphatic heterocycles. The number of hydrogen-bond acceptors (Lipinski definition) is 3. The monoisotopic (exact) mass is 378 g/mol. The Morgan fingerprint density at radius 3 is 2.17 bits per heavy atom. The van der Waals surface area contributed by atoms with Crippen LogP contribution in [0.4, 0.5) is 11.4 Å². The molecule has 1 aromatic heterocycles. The lowest BCUT2D eigenvalue weighted by atomic mass is 10.2. The number of carbonyl (C=O) groups excluding carboxylic acids is 2. The average Bonchev–Trinajstić information content (AvgIpc) is 2.87. The van der Waals surface area contributed by atoms with Gasteiger partial charge in [0.25, 0.3) is 5.91 Å². The molecule has 0 spiro atoms. The van der Waals surface area contributed by atoms with E-state index in [0.717, 1.165) is 4.70 Å². The largest absolute Gasteiger partial charge is 0.326 e. The maximum atomic E-state index is 12.5. The second kappa shape index (κ2) is 6.81. The lowest BCUT2D eigenvalue weighted by molar-refractivity contribution is -0.114. The Hall–Kier alpha value is -2.08. The molecule has 0 fully saturated rings. The SMILES string of the molecule is CC(=O)Nc1ccc(NC(=O)c2sc3cccc(Cl)c3c2Cl)cc1. The Balaban J connectivity index is 1.84. The number of amides is 2. The number of thiophene rings is 1. The van der Waals surface area contributed by atoms with Crippen molar-refractivity contribution < 1.29 is 9.59 Å². The minimum Gasteiger partial charge on any atom is -0.326 e. The van der Waals surface area contributed by atoms with Gasteiger partial charge in [-0.1, -0.05) is 29.3 Å². The van der Waals surface area contributed by atoms with Gasteiger partial charge in [0.2, 0.25) is 5.91 Å². The summed E-state index contributed by atoms with van der Waals surface area (Å²) >= 11 is 13.8. The van der Waals surface area contributed by atoms with E-state index in [1.165, 1.54) is 18.3 Å². The maximum Gasteiger partial charge on any atom is 0.267 e. The van der Waals surface area contributed by atoms with Crippen LogP contribution in [0.1, 0.15) is 16.6 Å². The first-order chi connectivity index (χ1) is 11.5. The number of benzene rings is 2. The van der Waals surface area contributed by atoms with Gasteiger partial charge in [0, 0.05) is 28.4 Å². The zero-order valence-corrected chi connectivity index (χ0v) is 14.9. The van der Waals surface area contributed by atoms with Crippen molar-refractivity contribution in [1.29, 1.82) is 0 Å². The summed E-state index contributed by atoms with van der Waals surface area (Å²) in [5, 5.41) is 7.02. The summed E-state index contributed by atoms with van der Waals surface area (Å²) in [6.07, 6.45) is 0. The zero-order valence-electron chi connectivity index (χ0n) is 12.5. The fourth-order valence-electron chi connectivity index (χ4n) is 2.24. The van der Waals surface area contributed by atoms with Crippen molar-refractivity contribution in [3.8, 4) is 0 Å². The molecule has 0 radical (unpaired) electrons. The van der Waals surface area contributed by atoms with E-state index in [9.17, 15) is 9.59 Å². The summed E-state index contributed by atoms with van der Waals surface area (Å²) < 4.78 is 0.860. The lowest BCUT2D eigenvalue weighted by Gasteiger charge is -2.06. The fraction of sp³-hybridized carbons (Fsp3) is 0.0588. The third-order valence-electron chi connectivity index (χ3n) is 3.28. The standard InChI is InChI=1S/C17H12Cl2N2O2S/c1-9(22)20-10-5-7-11(8-6-10)21-17(23)16-15(19)14-12(18)3-2-4-13(14)24-16/h2-8H,1H3,(H,20,22)(H,21,23). The van der Waals surface area contributed by atoms with Gasteiger partial charge in [-0.05, 0) is 36.4 Å². The van der Waals surface area contributed by atoms with Gasteiger partial charge in [0.15, 0.2) is 0 Å². The van der Waals surface area contributed by atoms with Crippen LogP contribution in [-0.2, 0) is 4.79 Å². The van der Waals surface area contributed by atoms with Crippen LogP contribution in [0.5, 0.6) is 0 Å². The first-order valence-electron chi connectivity index (χ1n) is 7.01. The van der Waals surface area contributed by atoms with Gasteiger partial charge in [-0.2, -0.15) is 0 Å². The number of halogens is 2. The summed E-state index contributed by atoms with van der Waals surface area (Å²) in [5.41, 5.74) is 1.26. The molecule has 1 heterocycles. The molecule has 0 unspecified atom stereocenters. The quantitative estimate of drug-likeness (QED) is 0.639. The molecule has 2 N–H and O–H groups in total. The highest BCUT2D eigenvalue weighted by molar-refractivity contribution is 7.21. The summed E-state index contributed by atoms with van der Waals surface area (Å²) in [6, 6.07) is 12.3. The van der Waals surface area contributed by atoms with E-state index < -0.39 is 0 Å². The Bertz CT molecular complexity index is 936. The van der Waals surface area contributed by atoms with Crippen molar-refractivity contribution in [1.82, 2.24) is 0 Å². The van der Waals surface area contributed by atoms with E-state index in [-0.39, 0.29) is 11.8 Å². The van der Waals surface area contributed by atoms with Crippen molar-refractivity contribution in [2.45, 2.75) is 6.92 Å². The second-order valence-electron chi connectivity index (χ2n) is 5.07. The summed E-state index contributed by atoms with van der Waals surface area (Å²) in [5.74, 6) is -0.453. The highest BCUT2D eigenvalue weighted by Crippen LogP contribution is 2.39. The van der Waals surface area contributed by atoms with Crippen LogP contribution >= 0.6 is 34.5 Å². The van der Waals surface area contributed by atoms with Gasteiger partial charge in [0.1, 0.15) is 4.88 Å². The van der Waals surface area contributed by atoms with E-state index in [4.69, 9.17) is 23.2 Å². The van der Waals surface area contributed by atoms with Crippen LogP contribution in [0.15, 0.2) is 42.5 Å². The van der Waals surface area contributed by atoms with E-state index in [0.29, 0.717) is 31.7 Å². The van der Waals surface area contributed by atoms with E-state index in [1.54, 1.807) is 30.3 Å². The number of carbonyl (C=O) groups is 2. The van der Waals surface area contributed by atoms with Crippen LogP contribution in [0.25, 0.3) is 10.1 Å². The molecule has 0 saturated heterocycles. The van der Waals surface area contributed by atoms with Gasteiger partial charge in [0.05, 0.1) is 10.0 Å². The molecule has 122 valence electrons. The molecule has 2 aromatic carbocycles. The topological polar surface area (TPSA) is 58.2 Å². The van der Waals surface area contributed by atoms with E-state index in [2.05, 4.69) is 10.6 Å². The predicted octanol–water partition coefficient (Wildman–Crippen LogP) is 5.42. The molecule has 24 heavy (non-hydrogen) atoms. The van der Waals surface area contributed by atoms with Gasteiger partial charge in [-0.25, -0.2) is 0 Å². The average molecular weight is 379 g/mol. The number of anilines is 2. The van der Waals surface area contributed by atoms with Crippen LogP contribution in [0.2, 0.25) is 10.0 Å². The Morgan fingerprint density at radius 2 is 1.58 bits per heavy atom. The number of nitrogens with one attached hydrogen (secondary N) is 2. The fourth-order valence-corrected chi connectivity index (χ4v) is 4.10. The Labute approximate surface area is 152 Å². The third kappa shape index (κ3) is 3.38. The molecule has 2 amide bonds. The molecular formula is C17H12Cl2N2O2S. The molecule has 0 bridgehead atoms. The first-order valence-corrected chi connectivity index (χ1v) is 8.58. The molecule has 3 rings (SSSR count). The highest BCUT2D eigenvalue weighted by atomic mass is 35.5. The summed E-state index contributed by atoms with van der Waals surface area (Å²) in [6.45, 7) is 1.43. The summed E-state index contributed by atoms with van der Waals surface area (Å²) in [7, 11) is 0. The highest BCUT2D eigenvalue weighted by Gasteiger charge is 2.18. The smallest absolute Gasteiger partial charge is 0.267 e. The molecule has 7 heteroatoms. The normalized spacial score (nSPS) is 10.6. The van der Waals surface area contributed by atoms with Crippen LogP contribution < -0.4 is 10.6 Å². The number of fused-ring (bicyclic) bond motifs is 1. The molecule has 0 atom stereocenters. The van der Waals surface area contributed by atoms with Gasteiger partial charge in [-0.3, -0.25) is 9.59 Å². The van der Waals surface area contributed by atoms with E-state index in [1.807, 2.05) is 12.1 Å². The number of rotatable bonds is 3. The minimum atomic E-state index is -0.301. The zero-order chi connectivity index (χ0) is 17.3. The second-order valence-corrected chi connectivity index (χ2v) is 6.91. The molecule has 0 saturated carbocycles. The minimum absolute atomic E-state index is 0.152. The van der Waals surface area contributed by atoms with Crippen molar-refractivity contribution >= 4 is 67.8 Å². The molecule has 0 aliphatic carbocycles. The van der Waals surface area contributed by atoms with Crippen molar-refractivity contribution in [2.75, 3.05) is 10.6 Å². The number of hydrogen-bond donors (Lipinski definition) is 2. The lowest BCUT2D eigenvalue weighted by Crippen LogP contribution is -2.11. The van der Waals surface area contributed by atoms with Crippen molar-refractivity contribution in [2.24, 2.45) is 0 Å². The first kappa shape index (κ1) is 16.8. The Kier molecular flexibility index (Phi) is 4.76. The van der Waals surface area contributed by atoms with Crippen LogP contribution in [0.3, 0.4) is 0 Å². The molecule has 0 aliphatic rings. The van der Waals surface area contributed by atoms with Gasteiger partial charge < -0.3 is 10.6 Å². The van der Waals surface area contributed by atoms with Crippen molar-refractivity contribution in [3.05, 3.63) is 57.4 Å². The molecular weight excluding hydrogens is 367 g/mol. The molecule has 3 aromatic rings. The predicted molar refractivity (Wildman–Crippen MR) is 101 cm³/mol. The third-order valence-corrected chi connectivity index (χ3v) is 5.23. The van der Waals surface area contributed by atoms with Gasteiger partial charge >= 0.3 is 0 Å².